The van der Waals surface area contributed by atoms with Gasteiger partial charge >= 0.3 is 0 Å². The Bertz CT molecular complexity index is 810. The van der Waals surface area contributed by atoms with Crippen molar-refractivity contribution in [1.82, 2.24) is 5.32 Å². The van der Waals surface area contributed by atoms with Gasteiger partial charge in [-0.05, 0) is 41.8 Å². The van der Waals surface area contributed by atoms with Crippen molar-refractivity contribution in [3.8, 4) is 0 Å². The third kappa shape index (κ3) is 4.37. The van der Waals surface area contributed by atoms with E-state index in [0.29, 0.717) is 23.6 Å². The number of halogens is 2. The standard InChI is InChI=1S/C19H18ClFN2O2/c20-15-7-6-14(17(21)11-15)10-18(24)22-12-13-3-1-4-16(9-13)23-8-2-5-19(23)25/h1,3-4,6-7,9,11H,2,5,8,10,12H2,(H,22,24). The van der Waals surface area contributed by atoms with Crippen LogP contribution in [-0.4, -0.2) is 18.4 Å². The normalized spacial score (nSPS) is 14.0. The zero-order valence-corrected chi connectivity index (χ0v) is 14.4. The molecular weight excluding hydrogens is 343 g/mol. The maximum absolute atomic E-state index is 13.7. The lowest BCUT2D eigenvalue weighted by molar-refractivity contribution is -0.120. The molecule has 3 rings (SSSR count). The maximum atomic E-state index is 13.7. The zero-order valence-electron chi connectivity index (χ0n) is 13.6. The van der Waals surface area contributed by atoms with Crippen LogP contribution in [-0.2, 0) is 22.6 Å². The first-order chi connectivity index (χ1) is 12.0. The Morgan fingerprint density at radius 3 is 2.80 bits per heavy atom. The molecule has 6 heteroatoms. The van der Waals surface area contributed by atoms with Gasteiger partial charge in [-0.3, -0.25) is 9.59 Å². The Hall–Kier alpha value is -2.40. The average molecular weight is 361 g/mol. The molecule has 2 aromatic carbocycles. The molecule has 2 amide bonds. The molecule has 0 saturated carbocycles. The molecule has 0 unspecified atom stereocenters. The molecule has 1 saturated heterocycles. The highest BCUT2D eigenvalue weighted by Crippen LogP contribution is 2.22. The first kappa shape index (κ1) is 17.4. The first-order valence-corrected chi connectivity index (χ1v) is 8.50. The van der Waals surface area contributed by atoms with Gasteiger partial charge in [0, 0.05) is 30.2 Å². The number of anilines is 1. The van der Waals surface area contributed by atoms with E-state index in [9.17, 15) is 14.0 Å². The van der Waals surface area contributed by atoms with Crippen molar-refractivity contribution in [1.29, 1.82) is 0 Å². The smallest absolute Gasteiger partial charge is 0.227 e. The minimum Gasteiger partial charge on any atom is -0.352 e. The number of hydrogen-bond donors (Lipinski definition) is 1. The van der Waals surface area contributed by atoms with Gasteiger partial charge in [-0.2, -0.15) is 0 Å². The highest BCUT2D eigenvalue weighted by Gasteiger charge is 2.21. The molecule has 2 aromatic rings. The lowest BCUT2D eigenvalue weighted by Gasteiger charge is -2.16. The molecule has 1 fully saturated rings. The molecule has 25 heavy (non-hydrogen) atoms. The second kappa shape index (κ2) is 7.66. The molecule has 0 radical (unpaired) electrons. The molecule has 1 N–H and O–H groups in total. The van der Waals surface area contributed by atoms with Crippen LogP contribution in [0.4, 0.5) is 10.1 Å². The van der Waals surface area contributed by atoms with Crippen molar-refractivity contribution in [2.75, 3.05) is 11.4 Å². The Kier molecular flexibility index (Phi) is 5.34. The lowest BCUT2D eigenvalue weighted by Crippen LogP contribution is -2.26. The minimum atomic E-state index is -0.489. The van der Waals surface area contributed by atoms with E-state index in [1.807, 2.05) is 24.3 Å². The highest BCUT2D eigenvalue weighted by atomic mass is 35.5. The Morgan fingerprint density at radius 2 is 2.08 bits per heavy atom. The molecule has 0 atom stereocenters. The van der Waals surface area contributed by atoms with Gasteiger partial charge in [0.05, 0.1) is 6.42 Å². The summed E-state index contributed by atoms with van der Waals surface area (Å²) < 4.78 is 13.7. The molecule has 0 spiro atoms. The van der Waals surface area contributed by atoms with Gasteiger partial charge in [-0.15, -0.1) is 0 Å². The van der Waals surface area contributed by atoms with E-state index >= 15 is 0 Å². The van der Waals surface area contributed by atoms with Gasteiger partial charge in [0.1, 0.15) is 5.82 Å². The van der Waals surface area contributed by atoms with Gasteiger partial charge in [0.15, 0.2) is 0 Å². The van der Waals surface area contributed by atoms with Crippen molar-refractivity contribution in [2.45, 2.75) is 25.8 Å². The molecule has 0 aliphatic carbocycles. The van der Waals surface area contributed by atoms with Crippen LogP contribution in [0.25, 0.3) is 0 Å². The van der Waals surface area contributed by atoms with Crippen LogP contribution in [0, 0.1) is 5.82 Å². The summed E-state index contributed by atoms with van der Waals surface area (Å²) in [6, 6.07) is 11.8. The topological polar surface area (TPSA) is 49.4 Å². The monoisotopic (exact) mass is 360 g/mol. The summed E-state index contributed by atoms with van der Waals surface area (Å²) in [7, 11) is 0. The van der Waals surface area contributed by atoms with E-state index in [2.05, 4.69) is 5.32 Å². The van der Waals surface area contributed by atoms with Crippen LogP contribution >= 0.6 is 11.6 Å². The number of carbonyl (C=O) groups excluding carboxylic acids is 2. The highest BCUT2D eigenvalue weighted by molar-refractivity contribution is 6.30. The zero-order chi connectivity index (χ0) is 17.8. The Morgan fingerprint density at radius 1 is 1.24 bits per heavy atom. The largest absolute Gasteiger partial charge is 0.352 e. The SMILES string of the molecule is O=C(Cc1ccc(Cl)cc1F)NCc1cccc(N2CCCC2=O)c1. The summed E-state index contributed by atoms with van der Waals surface area (Å²) in [4.78, 5) is 25.6. The number of nitrogens with zero attached hydrogens (tertiary/aromatic N) is 1. The Balaban J connectivity index is 1.59. The van der Waals surface area contributed by atoms with E-state index in [1.165, 1.54) is 12.1 Å². The van der Waals surface area contributed by atoms with Gasteiger partial charge in [0.2, 0.25) is 11.8 Å². The van der Waals surface area contributed by atoms with Crippen LogP contribution in [0.5, 0.6) is 0 Å². The molecule has 1 aliphatic heterocycles. The fourth-order valence-electron chi connectivity index (χ4n) is 2.86. The summed E-state index contributed by atoms with van der Waals surface area (Å²) in [5.41, 5.74) is 2.04. The van der Waals surface area contributed by atoms with Gasteiger partial charge in [-0.25, -0.2) is 4.39 Å². The molecule has 0 aromatic heterocycles. The van der Waals surface area contributed by atoms with Crippen molar-refractivity contribution in [3.05, 3.63) is 64.4 Å². The van der Waals surface area contributed by atoms with Crippen molar-refractivity contribution >= 4 is 29.1 Å². The third-order valence-corrected chi connectivity index (χ3v) is 4.39. The molecule has 130 valence electrons. The molecule has 0 bridgehead atoms. The van der Waals surface area contributed by atoms with E-state index in [0.717, 1.165) is 24.2 Å². The van der Waals surface area contributed by atoms with E-state index in [-0.39, 0.29) is 18.2 Å². The second-order valence-electron chi connectivity index (χ2n) is 6.01. The maximum Gasteiger partial charge on any atom is 0.227 e. The van der Waals surface area contributed by atoms with Crippen LogP contribution < -0.4 is 10.2 Å². The number of benzene rings is 2. The quantitative estimate of drug-likeness (QED) is 0.887. The van der Waals surface area contributed by atoms with Gasteiger partial charge < -0.3 is 10.2 Å². The number of hydrogen-bond acceptors (Lipinski definition) is 2. The van der Waals surface area contributed by atoms with Gasteiger partial charge in [-0.1, -0.05) is 29.8 Å². The summed E-state index contributed by atoms with van der Waals surface area (Å²) in [5.74, 6) is -0.638. The van der Waals surface area contributed by atoms with Crippen molar-refractivity contribution in [2.24, 2.45) is 0 Å². The van der Waals surface area contributed by atoms with Gasteiger partial charge in [0.25, 0.3) is 0 Å². The summed E-state index contributed by atoms with van der Waals surface area (Å²) in [6.07, 6.45) is 1.40. The summed E-state index contributed by atoms with van der Waals surface area (Å²) in [5, 5.41) is 3.08. The average Bonchev–Trinajstić information content (AvgIpc) is 3.02. The second-order valence-corrected chi connectivity index (χ2v) is 6.44. The summed E-state index contributed by atoms with van der Waals surface area (Å²) >= 11 is 5.71. The van der Waals surface area contributed by atoms with Crippen molar-refractivity contribution < 1.29 is 14.0 Å². The predicted molar refractivity (Wildman–Crippen MR) is 95.0 cm³/mol. The molecule has 4 nitrogen and oxygen atoms in total. The number of carbonyl (C=O) groups is 2. The van der Waals surface area contributed by atoms with E-state index < -0.39 is 5.82 Å². The van der Waals surface area contributed by atoms with Crippen molar-refractivity contribution in [3.63, 3.8) is 0 Å². The summed E-state index contributed by atoms with van der Waals surface area (Å²) in [6.45, 7) is 1.05. The fourth-order valence-corrected chi connectivity index (χ4v) is 3.02. The Labute approximate surface area is 150 Å². The van der Waals surface area contributed by atoms with Crippen LogP contribution in [0.15, 0.2) is 42.5 Å². The van der Waals surface area contributed by atoms with Crippen LogP contribution in [0.2, 0.25) is 5.02 Å². The lowest BCUT2D eigenvalue weighted by atomic mass is 10.1. The number of nitrogens with one attached hydrogen (secondary N) is 1. The van der Waals surface area contributed by atoms with E-state index in [1.54, 1.807) is 11.0 Å². The number of amides is 2. The predicted octanol–water partition coefficient (Wildman–Crippen LogP) is 3.46. The van der Waals surface area contributed by atoms with Crippen LogP contribution in [0.1, 0.15) is 24.0 Å². The number of rotatable bonds is 5. The van der Waals surface area contributed by atoms with Crippen LogP contribution in [0.3, 0.4) is 0 Å². The fraction of sp³-hybridized carbons (Fsp3) is 0.263. The molecule has 1 heterocycles. The third-order valence-electron chi connectivity index (χ3n) is 4.15. The van der Waals surface area contributed by atoms with E-state index in [4.69, 9.17) is 11.6 Å². The molecule has 1 aliphatic rings. The minimum absolute atomic E-state index is 0.0483. The first-order valence-electron chi connectivity index (χ1n) is 8.13. The molecular formula is C19H18ClFN2O2.